The molecule has 0 aliphatic carbocycles. The SMILES string of the molecule is Cc1nc2ncnn2c(N2CCN(C(=O)c3c(-c4ccccc4Cl)noc3C)CC2)c1Cc1ccccc1. The fourth-order valence-electron chi connectivity index (χ4n) is 5.04. The summed E-state index contributed by atoms with van der Waals surface area (Å²) in [6.45, 7) is 6.12. The van der Waals surface area contributed by atoms with Gasteiger partial charge in [0.1, 0.15) is 29.2 Å². The van der Waals surface area contributed by atoms with E-state index in [1.54, 1.807) is 13.0 Å². The van der Waals surface area contributed by atoms with Crippen molar-refractivity contribution in [2.24, 2.45) is 0 Å². The van der Waals surface area contributed by atoms with Gasteiger partial charge >= 0.3 is 0 Å². The highest BCUT2D eigenvalue weighted by molar-refractivity contribution is 6.33. The van der Waals surface area contributed by atoms with Crippen LogP contribution in [0.1, 0.15) is 32.9 Å². The van der Waals surface area contributed by atoms with E-state index in [4.69, 9.17) is 16.1 Å². The number of amides is 1. The number of carbonyl (C=O) groups excluding carboxylic acids is 1. The number of aromatic nitrogens is 5. The molecule has 2 aromatic carbocycles. The highest BCUT2D eigenvalue weighted by Gasteiger charge is 2.31. The van der Waals surface area contributed by atoms with Gasteiger partial charge in [0.15, 0.2) is 0 Å². The lowest BCUT2D eigenvalue weighted by atomic mass is 10.0. The fourth-order valence-corrected chi connectivity index (χ4v) is 5.27. The summed E-state index contributed by atoms with van der Waals surface area (Å²) in [6.07, 6.45) is 2.26. The lowest BCUT2D eigenvalue weighted by Gasteiger charge is -2.37. The van der Waals surface area contributed by atoms with Crippen LogP contribution in [0.3, 0.4) is 0 Å². The Hall–Kier alpha value is -4.24. The first-order valence-electron chi connectivity index (χ1n) is 12.5. The van der Waals surface area contributed by atoms with Crippen LogP contribution in [0.25, 0.3) is 17.0 Å². The number of anilines is 1. The van der Waals surface area contributed by atoms with E-state index in [0.29, 0.717) is 59.6 Å². The molecule has 4 heterocycles. The van der Waals surface area contributed by atoms with Crippen LogP contribution in [0, 0.1) is 13.8 Å². The molecule has 0 spiro atoms. The van der Waals surface area contributed by atoms with Gasteiger partial charge in [-0.15, -0.1) is 0 Å². The van der Waals surface area contributed by atoms with E-state index in [2.05, 4.69) is 37.3 Å². The van der Waals surface area contributed by atoms with E-state index in [-0.39, 0.29) is 5.91 Å². The monoisotopic (exact) mass is 527 g/mol. The average molecular weight is 528 g/mol. The van der Waals surface area contributed by atoms with Crippen molar-refractivity contribution >= 4 is 29.1 Å². The molecule has 1 fully saturated rings. The summed E-state index contributed by atoms with van der Waals surface area (Å²) < 4.78 is 7.25. The maximum atomic E-state index is 13.7. The standard InChI is InChI=1S/C28H26ClN7O2/c1-18-22(16-20-8-4-3-5-9-20)26(36-28(32-18)30-17-31-36)34-12-14-35(15-13-34)27(37)24-19(2)38-33-25(24)21-10-6-7-11-23(21)29/h3-11,17H,12-16H2,1-2H3. The first kappa shape index (κ1) is 24.1. The fraction of sp³-hybridized carbons (Fsp3) is 0.250. The summed E-state index contributed by atoms with van der Waals surface area (Å²) in [5.74, 6) is 1.90. The highest BCUT2D eigenvalue weighted by Crippen LogP contribution is 2.32. The van der Waals surface area contributed by atoms with E-state index in [9.17, 15) is 4.79 Å². The van der Waals surface area contributed by atoms with Gasteiger partial charge in [-0.3, -0.25) is 4.79 Å². The number of carbonyl (C=O) groups is 1. The summed E-state index contributed by atoms with van der Waals surface area (Å²) in [5.41, 5.74) is 4.83. The van der Waals surface area contributed by atoms with Crippen molar-refractivity contribution < 1.29 is 9.32 Å². The van der Waals surface area contributed by atoms with Gasteiger partial charge in [-0.2, -0.15) is 14.6 Å². The predicted octanol–water partition coefficient (Wildman–Crippen LogP) is 4.60. The number of hydrogen-bond acceptors (Lipinski definition) is 7. The lowest BCUT2D eigenvalue weighted by molar-refractivity contribution is 0.0745. The normalized spacial score (nSPS) is 13.9. The number of aryl methyl sites for hydroxylation is 2. The molecule has 0 atom stereocenters. The van der Waals surface area contributed by atoms with Gasteiger partial charge in [0.05, 0.1) is 5.02 Å². The Morgan fingerprint density at radius 1 is 1.00 bits per heavy atom. The Kier molecular flexibility index (Phi) is 6.29. The van der Waals surface area contributed by atoms with Crippen LogP contribution >= 0.6 is 11.6 Å². The maximum Gasteiger partial charge on any atom is 0.259 e. The minimum atomic E-state index is -0.111. The van der Waals surface area contributed by atoms with Crippen LogP contribution in [0.15, 0.2) is 65.4 Å². The molecule has 0 saturated carbocycles. The van der Waals surface area contributed by atoms with Gasteiger partial charge in [-0.1, -0.05) is 65.3 Å². The van der Waals surface area contributed by atoms with Crippen molar-refractivity contribution in [3.05, 3.63) is 94.1 Å². The van der Waals surface area contributed by atoms with Gasteiger partial charge in [0.25, 0.3) is 11.7 Å². The molecule has 6 rings (SSSR count). The van der Waals surface area contributed by atoms with Crippen LogP contribution < -0.4 is 4.90 Å². The first-order chi connectivity index (χ1) is 18.5. The summed E-state index contributed by atoms with van der Waals surface area (Å²) >= 11 is 6.41. The largest absolute Gasteiger partial charge is 0.360 e. The Morgan fingerprint density at radius 2 is 1.74 bits per heavy atom. The number of piperazine rings is 1. The molecular weight excluding hydrogens is 502 g/mol. The third-order valence-electron chi connectivity index (χ3n) is 7.00. The molecular formula is C28H26ClN7O2. The summed E-state index contributed by atoms with van der Waals surface area (Å²) in [4.78, 5) is 26.8. The minimum Gasteiger partial charge on any atom is -0.360 e. The topological polar surface area (TPSA) is 92.7 Å². The Morgan fingerprint density at radius 3 is 2.50 bits per heavy atom. The van der Waals surface area contributed by atoms with Crippen LogP contribution in [-0.4, -0.2) is 61.7 Å². The average Bonchev–Trinajstić information content (AvgIpc) is 3.56. The Bertz CT molecular complexity index is 1620. The molecule has 0 unspecified atom stereocenters. The summed E-state index contributed by atoms with van der Waals surface area (Å²) in [5, 5.41) is 9.18. The van der Waals surface area contributed by atoms with Crippen LogP contribution in [0.2, 0.25) is 5.02 Å². The molecule has 1 aliphatic heterocycles. The molecule has 0 N–H and O–H groups in total. The smallest absolute Gasteiger partial charge is 0.259 e. The van der Waals surface area contributed by atoms with Crippen molar-refractivity contribution in [2.45, 2.75) is 20.3 Å². The third kappa shape index (κ3) is 4.28. The molecule has 1 amide bonds. The quantitative estimate of drug-likeness (QED) is 0.330. The Balaban J connectivity index is 1.28. The number of benzene rings is 2. The molecule has 10 heteroatoms. The van der Waals surface area contributed by atoms with Crippen molar-refractivity contribution in [3.63, 3.8) is 0 Å². The molecule has 1 aliphatic rings. The van der Waals surface area contributed by atoms with Gasteiger partial charge in [-0.25, -0.2) is 4.98 Å². The molecule has 38 heavy (non-hydrogen) atoms. The van der Waals surface area contributed by atoms with Gasteiger partial charge in [0.2, 0.25) is 0 Å². The molecule has 9 nitrogen and oxygen atoms in total. The maximum absolute atomic E-state index is 13.7. The predicted molar refractivity (Wildman–Crippen MR) is 145 cm³/mol. The van der Waals surface area contributed by atoms with Crippen LogP contribution in [0.5, 0.6) is 0 Å². The highest BCUT2D eigenvalue weighted by atomic mass is 35.5. The molecule has 5 aromatic rings. The Labute approximate surface area is 224 Å². The zero-order chi connectivity index (χ0) is 26.2. The van der Waals surface area contributed by atoms with E-state index in [1.807, 2.05) is 52.7 Å². The number of fused-ring (bicyclic) bond motifs is 1. The van der Waals surface area contributed by atoms with E-state index in [0.717, 1.165) is 23.5 Å². The van der Waals surface area contributed by atoms with Crippen molar-refractivity contribution in [1.29, 1.82) is 0 Å². The molecule has 0 radical (unpaired) electrons. The molecule has 192 valence electrons. The van der Waals surface area contributed by atoms with E-state index >= 15 is 0 Å². The van der Waals surface area contributed by atoms with E-state index < -0.39 is 0 Å². The first-order valence-corrected chi connectivity index (χ1v) is 12.9. The lowest BCUT2D eigenvalue weighted by Crippen LogP contribution is -2.49. The number of rotatable bonds is 5. The zero-order valence-corrected chi connectivity index (χ0v) is 21.9. The molecule has 3 aromatic heterocycles. The van der Waals surface area contributed by atoms with Gasteiger partial charge in [-0.05, 0) is 25.5 Å². The summed E-state index contributed by atoms with van der Waals surface area (Å²) in [7, 11) is 0. The van der Waals surface area contributed by atoms with Gasteiger partial charge < -0.3 is 14.3 Å². The number of halogens is 1. The van der Waals surface area contributed by atoms with Crippen molar-refractivity contribution in [1.82, 2.24) is 29.6 Å². The van der Waals surface area contributed by atoms with Crippen LogP contribution in [0.4, 0.5) is 5.82 Å². The van der Waals surface area contributed by atoms with E-state index in [1.165, 1.54) is 11.9 Å². The minimum absolute atomic E-state index is 0.111. The number of hydrogen-bond donors (Lipinski definition) is 0. The second-order valence-corrected chi connectivity index (χ2v) is 9.76. The number of nitrogens with zero attached hydrogens (tertiary/aromatic N) is 7. The second-order valence-electron chi connectivity index (χ2n) is 9.36. The van der Waals surface area contributed by atoms with Crippen LogP contribution in [-0.2, 0) is 6.42 Å². The zero-order valence-electron chi connectivity index (χ0n) is 21.1. The molecule has 0 bridgehead atoms. The second kappa shape index (κ2) is 9.90. The van der Waals surface area contributed by atoms with Gasteiger partial charge in [0, 0.05) is 49.4 Å². The molecule has 1 saturated heterocycles. The van der Waals surface area contributed by atoms with Crippen molar-refractivity contribution in [3.8, 4) is 11.3 Å². The summed E-state index contributed by atoms with van der Waals surface area (Å²) in [6, 6.07) is 17.7. The third-order valence-corrected chi connectivity index (χ3v) is 7.33. The van der Waals surface area contributed by atoms with Crippen molar-refractivity contribution in [2.75, 3.05) is 31.1 Å².